The third-order valence-electron chi connectivity index (χ3n) is 5.38. The van der Waals surface area contributed by atoms with Crippen LogP contribution in [0.3, 0.4) is 0 Å². The summed E-state index contributed by atoms with van der Waals surface area (Å²) in [5.74, 6) is 0.592. The molecular formula is C22H20F3N3O5S. The molecule has 1 amide bonds. The van der Waals surface area contributed by atoms with Gasteiger partial charge in [0, 0.05) is 12.1 Å². The first-order valence-corrected chi connectivity index (χ1v) is 11.9. The van der Waals surface area contributed by atoms with E-state index in [4.69, 9.17) is 9.26 Å². The first kappa shape index (κ1) is 23.7. The number of nitrogens with zero attached hydrogens (tertiary/aromatic N) is 3. The minimum atomic E-state index is -5.45. The molecule has 1 saturated heterocycles. The second kappa shape index (κ2) is 9.45. The average molecular weight is 495 g/mol. The van der Waals surface area contributed by atoms with Crippen LogP contribution in [0, 0.1) is 0 Å². The molecule has 1 atom stereocenters. The second-order valence-electron chi connectivity index (χ2n) is 7.63. The number of carbonyl (C=O) groups is 1. The molecular weight excluding hydrogens is 475 g/mol. The summed E-state index contributed by atoms with van der Waals surface area (Å²) >= 11 is 0. The molecule has 4 rings (SSSR count). The van der Waals surface area contributed by atoms with Crippen molar-refractivity contribution in [2.24, 2.45) is 0 Å². The highest BCUT2D eigenvalue weighted by Gasteiger charge is 2.46. The molecule has 1 aromatic heterocycles. The van der Waals surface area contributed by atoms with Crippen molar-refractivity contribution in [3.05, 3.63) is 60.5 Å². The molecule has 12 heteroatoms. The largest absolute Gasteiger partial charge is 0.501 e. The van der Waals surface area contributed by atoms with E-state index in [1.165, 1.54) is 12.1 Å². The van der Waals surface area contributed by atoms with Gasteiger partial charge < -0.3 is 14.2 Å². The monoisotopic (exact) mass is 495 g/mol. The minimum absolute atomic E-state index is 0.0736. The quantitative estimate of drug-likeness (QED) is 0.506. The van der Waals surface area contributed by atoms with Gasteiger partial charge in [-0.25, -0.2) is 8.42 Å². The van der Waals surface area contributed by atoms with Crippen molar-refractivity contribution in [1.82, 2.24) is 15.0 Å². The summed E-state index contributed by atoms with van der Waals surface area (Å²) < 4.78 is 72.2. The number of ether oxygens (including phenoxy) is 1. The number of hydrogen-bond donors (Lipinski definition) is 0. The molecule has 0 radical (unpaired) electrons. The van der Waals surface area contributed by atoms with E-state index < -0.39 is 26.3 Å². The zero-order chi connectivity index (χ0) is 24.3. The number of rotatable bonds is 6. The van der Waals surface area contributed by atoms with Crippen LogP contribution in [0.25, 0.3) is 11.4 Å². The van der Waals surface area contributed by atoms with Gasteiger partial charge in [-0.3, -0.25) is 4.79 Å². The number of piperidine rings is 1. The predicted molar refractivity (Wildman–Crippen MR) is 113 cm³/mol. The minimum Gasteiger partial charge on any atom is -0.484 e. The van der Waals surface area contributed by atoms with Gasteiger partial charge in [0.15, 0.2) is 6.61 Å². The Morgan fingerprint density at radius 2 is 1.79 bits per heavy atom. The van der Waals surface area contributed by atoms with Gasteiger partial charge in [0.1, 0.15) is 11.8 Å². The van der Waals surface area contributed by atoms with Crippen molar-refractivity contribution >= 4 is 15.7 Å². The van der Waals surface area contributed by atoms with Crippen molar-refractivity contribution in [3.63, 3.8) is 0 Å². The Balaban J connectivity index is 1.49. The first-order chi connectivity index (χ1) is 16.2. The lowest BCUT2D eigenvalue weighted by Gasteiger charge is -2.33. The summed E-state index contributed by atoms with van der Waals surface area (Å²) in [5, 5.41) is 3.86. The zero-order valence-electron chi connectivity index (χ0n) is 17.7. The number of amides is 1. The van der Waals surface area contributed by atoms with Crippen LogP contribution in [-0.2, 0) is 14.6 Å². The molecule has 0 bridgehead atoms. The number of alkyl halides is 3. The molecule has 0 saturated carbocycles. The van der Waals surface area contributed by atoms with Crippen LogP contribution in [0.15, 0.2) is 64.0 Å². The van der Waals surface area contributed by atoms with Gasteiger partial charge in [-0.15, -0.1) is 0 Å². The molecule has 8 nitrogen and oxygen atoms in total. The van der Waals surface area contributed by atoms with Crippen molar-refractivity contribution in [2.75, 3.05) is 13.2 Å². The molecule has 0 spiro atoms. The lowest BCUT2D eigenvalue weighted by molar-refractivity contribution is -0.138. The van der Waals surface area contributed by atoms with E-state index in [0.29, 0.717) is 18.7 Å². The van der Waals surface area contributed by atoms with Crippen LogP contribution in [0.1, 0.15) is 31.2 Å². The summed E-state index contributed by atoms with van der Waals surface area (Å²) in [6, 6.07) is 12.5. The van der Waals surface area contributed by atoms with Crippen LogP contribution in [-0.4, -0.2) is 48.0 Å². The number of hydrogen-bond acceptors (Lipinski definition) is 7. The van der Waals surface area contributed by atoms with Gasteiger partial charge in [0.05, 0.1) is 4.90 Å². The number of para-hydroxylation sites is 1. The van der Waals surface area contributed by atoms with E-state index >= 15 is 0 Å². The number of benzene rings is 2. The third-order valence-corrected chi connectivity index (χ3v) is 6.89. The Bertz CT molecular complexity index is 1240. The van der Waals surface area contributed by atoms with Crippen molar-refractivity contribution in [1.29, 1.82) is 0 Å². The number of sulfone groups is 1. The molecule has 2 heterocycles. The average Bonchev–Trinajstić information content (AvgIpc) is 3.33. The van der Waals surface area contributed by atoms with E-state index in [2.05, 4.69) is 10.1 Å². The molecule has 3 aromatic rings. The summed E-state index contributed by atoms with van der Waals surface area (Å²) in [6.45, 7) is 0.333. The Morgan fingerprint density at radius 1 is 1.09 bits per heavy atom. The maximum atomic E-state index is 12.8. The first-order valence-electron chi connectivity index (χ1n) is 10.4. The van der Waals surface area contributed by atoms with E-state index in [1.807, 2.05) is 6.07 Å². The highest BCUT2D eigenvalue weighted by Crippen LogP contribution is 2.33. The standard InChI is InChI=1S/C22H20F3N3O5S/c23-22(24,25)34(30,31)17-11-9-15(10-12-17)20-26-21(33-27-20)18-8-4-5-13-28(18)19(29)14-32-16-6-2-1-3-7-16/h1-3,6-7,9-12,18H,4-5,8,13-14H2/t18-/m1/s1. The van der Waals surface area contributed by atoms with Gasteiger partial charge in [-0.05, 0) is 55.7 Å². The maximum Gasteiger partial charge on any atom is 0.501 e. The van der Waals surface area contributed by atoms with Crippen LogP contribution in [0.4, 0.5) is 13.2 Å². The van der Waals surface area contributed by atoms with E-state index in [0.717, 1.165) is 25.0 Å². The van der Waals surface area contributed by atoms with Gasteiger partial charge in [-0.1, -0.05) is 23.4 Å². The van der Waals surface area contributed by atoms with Gasteiger partial charge in [0.2, 0.25) is 11.7 Å². The number of carbonyl (C=O) groups excluding carboxylic acids is 1. The molecule has 0 unspecified atom stereocenters. The Morgan fingerprint density at radius 3 is 2.47 bits per heavy atom. The molecule has 1 aliphatic rings. The molecule has 0 N–H and O–H groups in total. The lowest BCUT2D eigenvalue weighted by atomic mass is 10.0. The van der Waals surface area contributed by atoms with E-state index in [1.54, 1.807) is 29.2 Å². The van der Waals surface area contributed by atoms with E-state index in [-0.39, 0.29) is 29.8 Å². The number of aromatic nitrogens is 2. The zero-order valence-corrected chi connectivity index (χ0v) is 18.6. The van der Waals surface area contributed by atoms with Gasteiger partial charge in [-0.2, -0.15) is 18.2 Å². The van der Waals surface area contributed by atoms with Crippen molar-refractivity contribution < 1.29 is 35.6 Å². The maximum absolute atomic E-state index is 12.8. The molecule has 2 aromatic carbocycles. The van der Waals surface area contributed by atoms with Crippen molar-refractivity contribution in [3.8, 4) is 17.1 Å². The summed E-state index contributed by atoms with van der Waals surface area (Å²) in [4.78, 5) is 17.9. The molecule has 0 aliphatic carbocycles. The number of likely N-dealkylation sites (tertiary alicyclic amines) is 1. The summed E-state index contributed by atoms with van der Waals surface area (Å²) in [6.07, 6.45) is 2.25. The highest BCUT2D eigenvalue weighted by atomic mass is 32.2. The lowest BCUT2D eigenvalue weighted by Crippen LogP contribution is -2.41. The summed E-state index contributed by atoms with van der Waals surface area (Å²) in [5.41, 5.74) is -5.12. The SMILES string of the molecule is O=C(COc1ccccc1)N1CCCC[C@@H]1c1nc(-c2ccc(S(=O)(=O)C(F)(F)F)cc2)no1. The Hall–Kier alpha value is -3.41. The fourth-order valence-corrected chi connectivity index (χ4v) is 4.40. The molecule has 34 heavy (non-hydrogen) atoms. The smallest absolute Gasteiger partial charge is 0.484 e. The normalized spacial score (nSPS) is 16.9. The van der Waals surface area contributed by atoms with Crippen LogP contribution < -0.4 is 4.74 Å². The highest BCUT2D eigenvalue weighted by molar-refractivity contribution is 7.92. The van der Waals surface area contributed by atoms with Crippen LogP contribution >= 0.6 is 0 Å². The van der Waals surface area contributed by atoms with Gasteiger partial charge >= 0.3 is 5.51 Å². The Labute approximate surface area is 193 Å². The fourth-order valence-electron chi connectivity index (χ4n) is 3.64. The van der Waals surface area contributed by atoms with Gasteiger partial charge in [0.25, 0.3) is 15.7 Å². The fraction of sp³-hybridized carbons (Fsp3) is 0.318. The molecule has 1 aliphatic heterocycles. The Kier molecular flexibility index (Phi) is 6.60. The number of halogens is 3. The second-order valence-corrected chi connectivity index (χ2v) is 9.57. The molecule has 1 fully saturated rings. The van der Waals surface area contributed by atoms with Crippen molar-refractivity contribution in [2.45, 2.75) is 35.7 Å². The van der Waals surface area contributed by atoms with E-state index in [9.17, 15) is 26.4 Å². The van der Waals surface area contributed by atoms with Crippen LogP contribution in [0.2, 0.25) is 0 Å². The predicted octanol–water partition coefficient (Wildman–Crippen LogP) is 4.16. The van der Waals surface area contributed by atoms with Crippen LogP contribution in [0.5, 0.6) is 5.75 Å². The topological polar surface area (TPSA) is 103 Å². The molecule has 180 valence electrons. The third kappa shape index (κ3) is 4.91. The summed E-state index contributed by atoms with van der Waals surface area (Å²) in [7, 11) is -5.45.